The second-order valence-electron chi connectivity index (χ2n) is 3.51. The van der Waals surface area contributed by atoms with Crippen LogP contribution >= 0.6 is 0 Å². The molecule has 0 saturated heterocycles. The van der Waals surface area contributed by atoms with Gasteiger partial charge in [0.1, 0.15) is 0 Å². The Morgan fingerprint density at radius 3 is 1.92 bits per heavy atom. The molecule has 0 rings (SSSR count). The number of hydrogen-bond donors (Lipinski definition) is 0. The van der Waals surface area contributed by atoms with E-state index in [0.29, 0.717) is 0 Å². The van der Waals surface area contributed by atoms with Crippen LogP contribution in [-0.2, 0) is 0 Å². The zero-order valence-electron chi connectivity index (χ0n) is 9.02. The molecule has 0 heterocycles. The number of unbranched alkanes of at least 4 members (excludes halogenated alkanes) is 1. The average Bonchev–Trinajstić information content (AvgIpc) is 2.17. The van der Waals surface area contributed by atoms with Gasteiger partial charge in [-0.3, -0.25) is 0 Å². The summed E-state index contributed by atoms with van der Waals surface area (Å²) in [4.78, 5) is 0. The summed E-state index contributed by atoms with van der Waals surface area (Å²) in [6.07, 6.45) is 9.52. The van der Waals surface area contributed by atoms with Crippen molar-refractivity contribution >= 4 is 19.8 Å². The molecule has 0 atom stereocenters. The fourth-order valence-electron chi connectivity index (χ4n) is 1.41. The predicted octanol–water partition coefficient (Wildman–Crippen LogP) is 4.43. The van der Waals surface area contributed by atoms with Gasteiger partial charge in [0.2, 0.25) is 0 Å². The van der Waals surface area contributed by atoms with Crippen molar-refractivity contribution in [2.75, 3.05) is 0 Å². The van der Waals surface area contributed by atoms with Crippen LogP contribution in [0.25, 0.3) is 0 Å². The van der Waals surface area contributed by atoms with Gasteiger partial charge in [0, 0.05) is 0 Å². The van der Waals surface area contributed by atoms with Crippen molar-refractivity contribution in [1.82, 2.24) is 0 Å². The molecule has 0 aromatic heterocycles. The molecule has 0 nitrogen and oxygen atoms in total. The van der Waals surface area contributed by atoms with Crippen LogP contribution in [0.4, 0.5) is 0 Å². The van der Waals surface area contributed by atoms with Crippen molar-refractivity contribution < 1.29 is 0 Å². The van der Waals surface area contributed by atoms with Gasteiger partial charge in [0.25, 0.3) is 0 Å². The fraction of sp³-hybridized carbons (Fsp3) is 0.667. The summed E-state index contributed by atoms with van der Waals surface area (Å²) in [5.74, 6) is 0. The van der Waals surface area contributed by atoms with Gasteiger partial charge < -0.3 is 0 Å². The Balaban J connectivity index is 3.58. The third-order valence-electron chi connectivity index (χ3n) is 2.29. The first-order valence-corrected chi connectivity index (χ1v) is 11.5. The van der Waals surface area contributed by atoms with Crippen LogP contribution in [0.3, 0.4) is 0 Å². The minimum absolute atomic E-state index is 0.982. The monoisotopic (exact) mass is 287 g/mol. The summed E-state index contributed by atoms with van der Waals surface area (Å²) in [5.41, 5.74) is 0. The molecule has 0 unspecified atom stereocenters. The molecule has 0 spiro atoms. The van der Waals surface area contributed by atoms with Crippen LogP contribution in [0, 0.1) is 0 Å². The van der Waals surface area contributed by atoms with E-state index in [9.17, 15) is 0 Å². The van der Waals surface area contributed by atoms with E-state index in [4.69, 9.17) is 0 Å². The van der Waals surface area contributed by atoms with E-state index in [1.54, 1.807) is 4.44 Å². The molecule has 0 aliphatic carbocycles. The molecule has 74 valence electrons. The number of hydrogen-bond acceptors (Lipinski definition) is 0. The summed E-state index contributed by atoms with van der Waals surface area (Å²) in [7, 11) is 0. The number of rotatable bonds is 9. The Morgan fingerprint density at radius 1 is 1.00 bits per heavy atom. The molecule has 0 amide bonds. The van der Waals surface area contributed by atoms with E-state index in [2.05, 4.69) is 32.2 Å². The van der Waals surface area contributed by atoms with Gasteiger partial charge >= 0.3 is 91.0 Å². The maximum absolute atomic E-state index is 3.80. The molecule has 0 aromatic carbocycles. The maximum atomic E-state index is 3.80. The Kier molecular flexibility index (Phi) is 10.6. The van der Waals surface area contributed by atoms with E-state index in [1.807, 2.05) is 0 Å². The Bertz CT molecular complexity index is 117. The van der Waals surface area contributed by atoms with Crippen LogP contribution < -0.4 is 0 Å². The molecule has 0 radical (unpaired) electrons. The molecule has 0 N–H and O–H groups in total. The van der Waals surface area contributed by atoms with Crippen LogP contribution in [0.1, 0.15) is 32.6 Å². The third-order valence-corrected chi connectivity index (χ3v) is 11.0. The van der Waals surface area contributed by atoms with Crippen molar-refractivity contribution in [2.24, 2.45) is 0 Å². The summed E-state index contributed by atoms with van der Waals surface area (Å²) in [6.45, 7) is 9.90. The third kappa shape index (κ3) is 8.60. The molecule has 1 heteroatoms. The summed E-state index contributed by atoms with van der Waals surface area (Å²) in [5, 5.41) is 0. The first-order valence-electron chi connectivity index (χ1n) is 5.40. The van der Waals surface area contributed by atoms with Gasteiger partial charge in [0.15, 0.2) is 0 Å². The van der Waals surface area contributed by atoms with Gasteiger partial charge in [-0.15, -0.1) is 0 Å². The van der Waals surface area contributed by atoms with E-state index in [-0.39, 0.29) is 0 Å². The van der Waals surface area contributed by atoms with Crippen LogP contribution in [0.15, 0.2) is 25.3 Å². The second-order valence-corrected chi connectivity index (χ2v) is 12.1. The molecule has 0 aliphatic rings. The summed E-state index contributed by atoms with van der Waals surface area (Å²) < 4.78 is 4.61. The van der Waals surface area contributed by atoms with Gasteiger partial charge in [-0.05, 0) is 0 Å². The molecule has 0 saturated carbocycles. The Hall–Kier alpha value is 0.279. The van der Waals surface area contributed by atoms with Crippen molar-refractivity contribution in [3.05, 3.63) is 25.3 Å². The second kappa shape index (κ2) is 10.4. The fourth-order valence-corrected chi connectivity index (χ4v) is 9.49. The molecule has 0 bridgehead atoms. The van der Waals surface area contributed by atoms with Crippen molar-refractivity contribution in [3.8, 4) is 0 Å². The molecule has 0 aromatic rings. The molecule has 13 heavy (non-hydrogen) atoms. The standard InChI is InChI=1S/C4H9.2C4H7.Sn/c3*1-3-4-2;/h1,3-4H2,2H3;2*3H,1-2,4H2;/q;;;+1. The molecule has 0 fully saturated rings. The normalized spacial score (nSPS) is 9.62. The summed E-state index contributed by atoms with van der Waals surface area (Å²) in [6, 6.07) is 0. The van der Waals surface area contributed by atoms with Crippen LogP contribution in [0.2, 0.25) is 13.3 Å². The zero-order chi connectivity index (χ0) is 9.94. The van der Waals surface area contributed by atoms with Crippen LogP contribution in [0.5, 0.6) is 0 Å². The summed E-state index contributed by atoms with van der Waals surface area (Å²) >= 11 is -0.982. The topological polar surface area (TPSA) is 0 Å². The van der Waals surface area contributed by atoms with Gasteiger partial charge in [-0.25, -0.2) is 0 Å². The van der Waals surface area contributed by atoms with Crippen molar-refractivity contribution in [1.29, 1.82) is 0 Å². The van der Waals surface area contributed by atoms with E-state index >= 15 is 0 Å². The predicted molar refractivity (Wildman–Crippen MR) is 64.7 cm³/mol. The first-order chi connectivity index (χ1) is 6.35. The minimum atomic E-state index is -0.982. The van der Waals surface area contributed by atoms with E-state index < -0.39 is 19.8 Å². The van der Waals surface area contributed by atoms with Crippen LogP contribution in [-0.4, -0.2) is 19.8 Å². The first kappa shape index (κ1) is 13.3. The van der Waals surface area contributed by atoms with Crippen molar-refractivity contribution in [2.45, 2.75) is 45.9 Å². The average molecular weight is 286 g/mol. The Morgan fingerprint density at radius 2 is 1.54 bits per heavy atom. The SMILES string of the molecule is C=CC[CH2][Sn+]([CH2]CC=C)[CH2]CCC. The molecular weight excluding hydrogens is 263 g/mol. The van der Waals surface area contributed by atoms with Gasteiger partial charge in [-0.1, -0.05) is 0 Å². The van der Waals surface area contributed by atoms with Crippen molar-refractivity contribution in [3.63, 3.8) is 0 Å². The van der Waals surface area contributed by atoms with E-state index in [0.717, 1.165) is 0 Å². The quantitative estimate of drug-likeness (QED) is 0.434. The van der Waals surface area contributed by atoms with Gasteiger partial charge in [0.05, 0.1) is 0 Å². The molecular formula is C12H23Sn+. The van der Waals surface area contributed by atoms with Gasteiger partial charge in [-0.2, -0.15) is 0 Å². The molecule has 0 aliphatic heterocycles. The van der Waals surface area contributed by atoms with E-state index in [1.165, 1.54) is 34.6 Å². The number of allylic oxidation sites excluding steroid dienone is 2. The Labute approximate surface area is 90.9 Å². The zero-order valence-corrected chi connectivity index (χ0v) is 11.9.